The van der Waals surface area contributed by atoms with Crippen LogP contribution in [0.5, 0.6) is 0 Å². The van der Waals surface area contributed by atoms with Crippen LogP contribution in [0.15, 0.2) is 52.3 Å². The lowest BCUT2D eigenvalue weighted by atomic mass is 9.77. The van der Waals surface area contributed by atoms with Gasteiger partial charge in [0.25, 0.3) is 0 Å². The third kappa shape index (κ3) is 1.58. The van der Waals surface area contributed by atoms with Crippen LogP contribution in [0.4, 0.5) is 0 Å². The molecule has 0 aliphatic carbocycles. The van der Waals surface area contributed by atoms with Gasteiger partial charge < -0.3 is 0 Å². The lowest BCUT2D eigenvalue weighted by Gasteiger charge is -2.34. The maximum atomic E-state index is 12.7. The first kappa shape index (κ1) is 12.4. The summed E-state index contributed by atoms with van der Waals surface area (Å²) in [7, 11) is -3.39. The molecule has 0 aromatic heterocycles. The number of benzene rings is 2. The lowest BCUT2D eigenvalue weighted by molar-refractivity contribution is 0.555. The average Bonchev–Trinajstić information content (AvgIpc) is 2.37. The molecule has 0 amide bonds. The monoisotopic (exact) mass is 272 g/mol. The summed E-state index contributed by atoms with van der Waals surface area (Å²) in [6.45, 7) is 6.08. The van der Waals surface area contributed by atoms with Crippen LogP contribution in [0.2, 0.25) is 0 Å². The molecular formula is C16H16O2S. The van der Waals surface area contributed by atoms with E-state index in [0.717, 1.165) is 16.7 Å². The third-order valence-corrected chi connectivity index (χ3v) is 5.80. The second-order valence-corrected chi connectivity index (χ2v) is 7.51. The molecular weight excluding hydrogens is 256 g/mol. The van der Waals surface area contributed by atoms with Crippen molar-refractivity contribution >= 4 is 9.84 Å². The van der Waals surface area contributed by atoms with Crippen LogP contribution in [-0.4, -0.2) is 8.42 Å². The Morgan fingerprint density at radius 3 is 2.26 bits per heavy atom. The Bertz CT molecular complexity index is 771. The molecule has 3 rings (SSSR count). The van der Waals surface area contributed by atoms with Crippen LogP contribution >= 0.6 is 0 Å². The first-order valence-corrected chi connectivity index (χ1v) is 7.79. The van der Waals surface area contributed by atoms with Gasteiger partial charge in [0.1, 0.15) is 0 Å². The van der Waals surface area contributed by atoms with Gasteiger partial charge >= 0.3 is 0 Å². The normalized spacial score (nSPS) is 18.5. The highest BCUT2D eigenvalue weighted by atomic mass is 32.2. The Morgan fingerprint density at radius 1 is 0.895 bits per heavy atom. The van der Waals surface area contributed by atoms with Crippen LogP contribution in [0.25, 0.3) is 0 Å². The second kappa shape index (κ2) is 3.70. The highest BCUT2D eigenvalue weighted by Gasteiger charge is 2.39. The minimum Gasteiger partial charge on any atom is -0.218 e. The highest BCUT2D eigenvalue weighted by Crippen LogP contribution is 2.45. The summed E-state index contributed by atoms with van der Waals surface area (Å²) >= 11 is 0. The average molecular weight is 272 g/mol. The molecule has 2 nitrogen and oxygen atoms in total. The highest BCUT2D eigenvalue weighted by molar-refractivity contribution is 7.91. The predicted octanol–water partition coefficient (Wildman–Crippen LogP) is 3.47. The van der Waals surface area contributed by atoms with Crippen molar-refractivity contribution in [1.82, 2.24) is 0 Å². The van der Waals surface area contributed by atoms with E-state index in [1.165, 1.54) is 0 Å². The standard InChI is InChI=1S/C16H16O2S/c1-11-8-9-13-15(10-11)19(17,18)14-7-5-4-6-12(14)16(13,2)3/h4-10H,1-3H3. The molecule has 0 saturated carbocycles. The van der Waals surface area contributed by atoms with Gasteiger partial charge in [-0.25, -0.2) is 8.42 Å². The lowest BCUT2D eigenvalue weighted by Crippen LogP contribution is -2.29. The summed E-state index contributed by atoms with van der Waals surface area (Å²) in [6.07, 6.45) is 0. The van der Waals surface area contributed by atoms with E-state index in [1.54, 1.807) is 18.2 Å². The maximum Gasteiger partial charge on any atom is 0.207 e. The Morgan fingerprint density at radius 2 is 1.53 bits per heavy atom. The second-order valence-electron chi connectivity index (χ2n) is 5.62. The van der Waals surface area contributed by atoms with Crippen molar-refractivity contribution in [2.24, 2.45) is 0 Å². The Hall–Kier alpha value is -1.61. The van der Waals surface area contributed by atoms with E-state index in [0.29, 0.717) is 9.79 Å². The van der Waals surface area contributed by atoms with Crippen molar-refractivity contribution in [3.05, 3.63) is 59.2 Å². The van der Waals surface area contributed by atoms with Crippen LogP contribution in [0, 0.1) is 6.92 Å². The van der Waals surface area contributed by atoms with Gasteiger partial charge in [-0.05, 0) is 35.7 Å². The number of hydrogen-bond acceptors (Lipinski definition) is 2. The third-order valence-electron chi connectivity index (χ3n) is 3.95. The zero-order chi connectivity index (χ0) is 13.8. The maximum absolute atomic E-state index is 12.7. The van der Waals surface area contributed by atoms with E-state index in [4.69, 9.17) is 0 Å². The summed E-state index contributed by atoms with van der Waals surface area (Å²) < 4.78 is 25.5. The molecule has 2 aromatic carbocycles. The van der Waals surface area contributed by atoms with Crippen LogP contribution < -0.4 is 0 Å². The zero-order valence-corrected chi connectivity index (χ0v) is 12.1. The molecule has 1 aliphatic heterocycles. The first-order chi connectivity index (χ1) is 8.85. The van der Waals surface area contributed by atoms with Crippen molar-refractivity contribution < 1.29 is 8.42 Å². The van der Waals surface area contributed by atoms with Crippen LogP contribution in [0.1, 0.15) is 30.5 Å². The molecule has 1 heterocycles. The van der Waals surface area contributed by atoms with Crippen molar-refractivity contribution in [3.63, 3.8) is 0 Å². The summed E-state index contributed by atoms with van der Waals surface area (Å²) in [6, 6.07) is 13.0. The largest absolute Gasteiger partial charge is 0.218 e. The van der Waals surface area contributed by atoms with E-state index in [-0.39, 0.29) is 5.41 Å². The molecule has 98 valence electrons. The summed E-state index contributed by atoms with van der Waals surface area (Å²) in [5.41, 5.74) is 2.45. The SMILES string of the molecule is Cc1ccc2c(c1)S(=O)(=O)c1ccccc1C2(C)C. The van der Waals surface area contributed by atoms with Crippen LogP contribution in [-0.2, 0) is 15.3 Å². The fraction of sp³-hybridized carbons (Fsp3) is 0.250. The Balaban J connectivity index is 2.48. The molecule has 3 heteroatoms. The van der Waals surface area contributed by atoms with E-state index in [2.05, 4.69) is 13.8 Å². The molecule has 2 aromatic rings. The van der Waals surface area contributed by atoms with E-state index >= 15 is 0 Å². The Kier molecular flexibility index (Phi) is 2.42. The van der Waals surface area contributed by atoms with Gasteiger partial charge in [0.05, 0.1) is 9.79 Å². The molecule has 0 fully saturated rings. The fourth-order valence-corrected chi connectivity index (χ4v) is 4.91. The van der Waals surface area contributed by atoms with Gasteiger partial charge in [-0.2, -0.15) is 0 Å². The molecule has 19 heavy (non-hydrogen) atoms. The number of sulfone groups is 1. The molecule has 1 aliphatic rings. The number of fused-ring (bicyclic) bond motifs is 2. The van der Waals surface area contributed by atoms with Gasteiger partial charge in [-0.3, -0.25) is 0 Å². The van der Waals surface area contributed by atoms with Gasteiger partial charge in [-0.15, -0.1) is 0 Å². The summed E-state index contributed by atoms with van der Waals surface area (Å²) in [5.74, 6) is 0. The minimum absolute atomic E-state index is 0.287. The van der Waals surface area contributed by atoms with Crippen molar-refractivity contribution in [2.75, 3.05) is 0 Å². The topological polar surface area (TPSA) is 34.1 Å². The number of hydrogen-bond donors (Lipinski definition) is 0. The fourth-order valence-electron chi connectivity index (χ4n) is 2.85. The molecule has 0 radical (unpaired) electrons. The van der Waals surface area contributed by atoms with Crippen molar-refractivity contribution in [2.45, 2.75) is 36.0 Å². The summed E-state index contributed by atoms with van der Waals surface area (Å²) in [4.78, 5) is 0.898. The summed E-state index contributed by atoms with van der Waals surface area (Å²) in [5, 5.41) is 0. The number of rotatable bonds is 0. The quantitative estimate of drug-likeness (QED) is 0.736. The predicted molar refractivity (Wildman–Crippen MR) is 75.2 cm³/mol. The molecule has 0 N–H and O–H groups in total. The van der Waals surface area contributed by atoms with E-state index < -0.39 is 9.84 Å². The van der Waals surface area contributed by atoms with Crippen molar-refractivity contribution in [1.29, 1.82) is 0 Å². The molecule has 0 atom stereocenters. The van der Waals surface area contributed by atoms with Crippen molar-refractivity contribution in [3.8, 4) is 0 Å². The van der Waals surface area contributed by atoms with Gasteiger partial charge in [0.15, 0.2) is 0 Å². The van der Waals surface area contributed by atoms with E-state index in [1.807, 2.05) is 31.2 Å². The Labute approximate surface area is 114 Å². The van der Waals surface area contributed by atoms with Gasteiger partial charge in [0, 0.05) is 5.41 Å². The van der Waals surface area contributed by atoms with Crippen LogP contribution in [0.3, 0.4) is 0 Å². The minimum atomic E-state index is -3.39. The zero-order valence-electron chi connectivity index (χ0n) is 11.3. The smallest absolute Gasteiger partial charge is 0.207 e. The van der Waals surface area contributed by atoms with Gasteiger partial charge in [0.2, 0.25) is 9.84 Å². The van der Waals surface area contributed by atoms with Gasteiger partial charge in [-0.1, -0.05) is 44.2 Å². The molecule has 0 unspecified atom stereocenters. The van der Waals surface area contributed by atoms with E-state index in [9.17, 15) is 8.42 Å². The molecule has 0 spiro atoms. The first-order valence-electron chi connectivity index (χ1n) is 6.31. The molecule has 0 saturated heterocycles. The number of aryl methyl sites for hydroxylation is 1. The molecule has 0 bridgehead atoms.